The molecule has 0 spiro atoms. The van der Waals surface area contributed by atoms with Crippen LogP contribution in [0.4, 0.5) is 0 Å². The number of hydrogen-bond acceptors (Lipinski definition) is 4. The third-order valence-corrected chi connectivity index (χ3v) is 4.86. The molecule has 1 saturated carbocycles. The first-order valence-electron chi connectivity index (χ1n) is 8.39. The zero-order chi connectivity index (χ0) is 15.5. The van der Waals surface area contributed by atoms with Crippen LogP contribution in [0.5, 0.6) is 0 Å². The number of rotatable bonds is 7. The number of nitrogens with one attached hydrogen (secondary N) is 2. The second kappa shape index (κ2) is 6.79. The fourth-order valence-electron chi connectivity index (χ4n) is 3.42. The molecule has 0 unspecified atom stereocenters. The van der Waals surface area contributed by atoms with Crippen LogP contribution in [0.15, 0.2) is 6.07 Å². The van der Waals surface area contributed by atoms with Gasteiger partial charge in [-0.1, -0.05) is 0 Å². The van der Waals surface area contributed by atoms with Crippen molar-refractivity contribution in [3.05, 3.63) is 17.5 Å². The number of H-pyrrole nitrogens is 1. The SMILES string of the molecule is Cc1cc(CNC(=O)C[C@@H]2CC[C@H](CN)N2CC2CC2)n[nH]1. The molecule has 0 bridgehead atoms. The van der Waals surface area contributed by atoms with Gasteiger partial charge in [-0.15, -0.1) is 0 Å². The summed E-state index contributed by atoms with van der Waals surface area (Å²) in [5.74, 6) is 0.953. The van der Waals surface area contributed by atoms with Crippen LogP contribution < -0.4 is 11.1 Å². The molecule has 22 heavy (non-hydrogen) atoms. The Kier molecular flexibility index (Phi) is 4.78. The van der Waals surface area contributed by atoms with Crippen molar-refractivity contribution in [1.82, 2.24) is 20.4 Å². The smallest absolute Gasteiger partial charge is 0.221 e. The molecule has 2 fully saturated rings. The number of nitrogens with two attached hydrogens (primary N) is 1. The Morgan fingerprint density at radius 2 is 2.18 bits per heavy atom. The van der Waals surface area contributed by atoms with Gasteiger partial charge in [-0.3, -0.25) is 14.8 Å². The fourth-order valence-corrected chi connectivity index (χ4v) is 3.42. The Labute approximate surface area is 131 Å². The molecule has 2 atom stereocenters. The number of aromatic amines is 1. The maximum absolute atomic E-state index is 12.2. The Morgan fingerprint density at radius 1 is 1.41 bits per heavy atom. The first-order chi connectivity index (χ1) is 10.7. The van der Waals surface area contributed by atoms with E-state index in [0.717, 1.165) is 36.7 Å². The monoisotopic (exact) mass is 305 g/mol. The maximum atomic E-state index is 12.2. The van der Waals surface area contributed by atoms with Gasteiger partial charge in [-0.05, 0) is 44.6 Å². The predicted molar refractivity (Wildman–Crippen MR) is 85.1 cm³/mol. The van der Waals surface area contributed by atoms with Gasteiger partial charge in [-0.2, -0.15) is 5.10 Å². The number of nitrogens with zero attached hydrogens (tertiary/aromatic N) is 2. The maximum Gasteiger partial charge on any atom is 0.221 e. The van der Waals surface area contributed by atoms with Gasteiger partial charge >= 0.3 is 0 Å². The summed E-state index contributed by atoms with van der Waals surface area (Å²) < 4.78 is 0. The molecule has 0 aromatic carbocycles. The number of aryl methyl sites for hydroxylation is 1. The Hall–Kier alpha value is -1.40. The second-order valence-corrected chi connectivity index (χ2v) is 6.78. The highest BCUT2D eigenvalue weighted by Crippen LogP contribution is 2.35. The molecule has 1 amide bonds. The van der Waals surface area contributed by atoms with Crippen molar-refractivity contribution in [2.24, 2.45) is 11.7 Å². The van der Waals surface area contributed by atoms with Gasteiger partial charge in [0.05, 0.1) is 12.2 Å². The first kappa shape index (κ1) is 15.5. The summed E-state index contributed by atoms with van der Waals surface area (Å²) in [6.07, 6.45) is 5.46. The van der Waals surface area contributed by atoms with Crippen LogP contribution in [-0.4, -0.2) is 46.2 Å². The summed E-state index contributed by atoms with van der Waals surface area (Å²) >= 11 is 0. The van der Waals surface area contributed by atoms with Crippen LogP contribution in [0, 0.1) is 12.8 Å². The standard InChI is InChI=1S/C16H27N5O/c1-11-6-13(20-19-11)9-18-16(22)7-14-4-5-15(8-17)21(14)10-12-2-3-12/h6,12,14-15H,2-5,7-10,17H2,1H3,(H,18,22)(H,19,20)/t14-,15+/m0/s1. The van der Waals surface area contributed by atoms with Crippen LogP contribution in [0.2, 0.25) is 0 Å². The average Bonchev–Trinajstić information content (AvgIpc) is 3.10. The minimum Gasteiger partial charge on any atom is -0.350 e. The van der Waals surface area contributed by atoms with Gasteiger partial charge in [0.2, 0.25) is 5.91 Å². The van der Waals surface area contributed by atoms with E-state index < -0.39 is 0 Å². The quantitative estimate of drug-likeness (QED) is 0.699. The molecule has 3 rings (SSSR count). The van der Waals surface area contributed by atoms with Crippen LogP contribution in [0.1, 0.15) is 43.5 Å². The Morgan fingerprint density at radius 3 is 2.82 bits per heavy atom. The minimum absolute atomic E-state index is 0.115. The van der Waals surface area contributed by atoms with Crippen LogP contribution in [-0.2, 0) is 11.3 Å². The van der Waals surface area contributed by atoms with Crippen molar-refractivity contribution in [3.63, 3.8) is 0 Å². The summed E-state index contributed by atoms with van der Waals surface area (Å²) in [5, 5.41) is 10.0. The van der Waals surface area contributed by atoms with E-state index in [2.05, 4.69) is 20.4 Å². The van der Waals surface area contributed by atoms with Crippen molar-refractivity contribution in [2.45, 2.75) is 57.7 Å². The zero-order valence-electron chi connectivity index (χ0n) is 13.3. The minimum atomic E-state index is 0.115. The van der Waals surface area contributed by atoms with Crippen LogP contribution >= 0.6 is 0 Å². The van der Waals surface area contributed by atoms with E-state index in [-0.39, 0.29) is 5.91 Å². The lowest BCUT2D eigenvalue weighted by atomic mass is 10.1. The summed E-state index contributed by atoms with van der Waals surface area (Å²) in [6, 6.07) is 2.78. The van der Waals surface area contributed by atoms with Gasteiger partial charge in [0, 0.05) is 37.3 Å². The molecule has 2 heterocycles. The van der Waals surface area contributed by atoms with Crippen LogP contribution in [0.25, 0.3) is 0 Å². The average molecular weight is 305 g/mol. The van der Waals surface area contributed by atoms with E-state index in [9.17, 15) is 4.79 Å². The molecule has 4 N–H and O–H groups in total. The lowest BCUT2D eigenvalue weighted by Gasteiger charge is -2.29. The third kappa shape index (κ3) is 3.87. The van der Waals surface area contributed by atoms with E-state index >= 15 is 0 Å². The molecule has 0 radical (unpaired) electrons. The third-order valence-electron chi connectivity index (χ3n) is 4.86. The fraction of sp³-hybridized carbons (Fsp3) is 0.750. The summed E-state index contributed by atoms with van der Waals surface area (Å²) in [4.78, 5) is 14.7. The second-order valence-electron chi connectivity index (χ2n) is 6.78. The predicted octanol–water partition coefficient (Wildman–Crippen LogP) is 0.926. The van der Waals surface area contributed by atoms with E-state index in [1.165, 1.54) is 12.8 Å². The lowest BCUT2D eigenvalue weighted by molar-refractivity contribution is -0.122. The number of hydrogen-bond donors (Lipinski definition) is 3. The number of carbonyl (C=O) groups excluding carboxylic acids is 1. The first-order valence-corrected chi connectivity index (χ1v) is 8.39. The number of carbonyl (C=O) groups is 1. The highest BCUT2D eigenvalue weighted by atomic mass is 16.1. The van der Waals surface area contributed by atoms with Crippen molar-refractivity contribution >= 4 is 5.91 Å². The molecule has 1 aliphatic carbocycles. The zero-order valence-corrected chi connectivity index (χ0v) is 13.3. The molecule has 6 nitrogen and oxygen atoms in total. The lowest BCUT2D eigenvalue weighted by Crippen LogP contribution is -2.43. The van der Waals surface area contributed by atoms with Crippen molar-refractivity contribution < 1.29 is 4.79 Å². The number of likely N-dealkylation sites (tertiary alicyclic amines) is 1. The van der Waals surface area contributed by atoms with Gasteiger partial charge in [0.15, 0.2) is 0 Å². The van der Waals surface area contributed by atoms with Gasteiger partial charge < -0.3 is 11.1 Å². The van der Waals surface area contributed by atoms with E-state index in [1.807, 2.05) is 13.0 Å². The van der Waals surface area contributed by atoms with Crippen LogP contribution in [0.3, 0.4) is 0 Å². The molecular formula is C16H27N5O. The van der Waals surface area contributed by atoms with Crippen molar-refractivity contribution in [2.75, 3.05) is 13.1 Å². The molecule has 1 aliphatic heterocycles. The van der Waals surface area contributed by atoms with E-state index in [0.29, 0.717) is 31.6 Å². The summed E-state index contributed by atoms with van der Waals surface area (Å²) in [6.45, 7) is 4.29. The Bertz CT molecular complexity index is 510. The van der Waals surface area contributed by atoms with Crippen molar-refractivity contribution in [3.8, 4) is 0 Å². The highest BCUT2D eigenvalue weighted by Gasteiger charge is 2.37. The molecule has 1 aromatic rings. The molecule has 122 valence electrons. The van der Waals surface area contributed by atoms with Gasteiger partial charge in [0.1, 0.15) is 0 Å². The molecule has 1 saturated heterocycles. The van der Waals surface area contributed by atoms with Crippen molar-refractivity contribution in [1.29, 1.82) is 0 Å². The molecule has 1 aromatic heterocycles. The molecular weight excluding hydrogens is 278 g/mol. The van der Waals surface area contributed by atoms with E-state index in [4.69, 9.17) is 5.73 Å². The highest BCUT2D eigenvalue weighted by molar-refractivity contribution is 5.76. The largest absolute Gasteiger partial charge is 0.350 e. The summed E-state index contributed by atoms with van der Waals surface area (Å²) in [7, 11) is 0. The normalized spacial score (nSPS) is 25.5. The summed E-state index contributed by atoms with van der Waals surface area (Å²) in [5.41, 5.74) is 7.79. The van der Waals surface area contributed by atoms with Gasteiger partial charge in [-0.25, -0.2) is 0 Å². The topological polar surface area (TPSA) is 87.0 Å². The molecule has 2 aliphatic rings. The van der Waals surface area contributed by atoms with Gasteiger partial charge in [0.25, 0.3) is 0 Å². The van der Waals surface area contributed by atoms with E-state index in [1.54, 1.807) is 0 Å². The number of amides is 1. The molecule has 6 heteroatoms. The Balaban J connectivity index is 1.48. The number of aromatic nitrogens is 2.